The van der Waals surface area contributed by atoms with E-state index in [0.29, 0.717) is 6.04 Å². The second-order valence-corrected chi connectivity index (χ2v) is 5.46. The Morgan fingerprint density at radius 1 is 1.57 bits per heavy atom. The molecule has 2 aliphatic heterocycles. The number of rotatable bonds is 1. The maximum atomic E-state index is 4.55. The first-order chi connectivity index (χ1) is 6.74. The molecule has 0 aromatic heterocycles. The summed E-state index contributed by atoms with van der Waals surface area (Å²) in [5, 5.41) is 4.71. The Morgan fingerprint density at radius 3 is 3.00 bits per heavy atom. The molecule has 1 N–H and O–H groups in total. The maximum Gasteiger partial charge on any atom is 0.156 e. The van der Waals surface area contributed by atoms with Crippen LogP contribution in [-0.2, 0) is 0 Å². The highest BCUT2D eigenvalue weighted by Gasteiger charge is 2.21. The van der Waals surface area contributed by atoms with Crippen LogP contribution in [0.1, 0.15) is 13.3 Å². The van der Waals surface area contributed by atoms with Crippen molar-refractivity contribution in [1.82, 2.24) is 10.2 Å². The first-order valence-electron chi connectivity index (χ1n) is 5.36. The smallest absolute Gasteiger partial charge is 0.156 e. The lowest BCUT2D eigenvalue weighted by atomic mass is 10.2. The maximum absolute atomic E-state index is 4.55. The van der Waals surface area contributed by atoms with E-state index in [2.05, 4.69) is 29.2 Å². The Bertz CT molecular complexity index is 229. The van der Waals surface area contributed by atoms with E-state index in [1.807, 2.05) is 11.8 Å². The molecule has 4 heteroatoms. The summed E-state index contributed by atoms with van der Waals surface area (Å²) in [6.07, 6.45) is 1.26. The summed E-state index contributed by atoms with van der Waals surface area (Å²) < 4.78 is 0. The third-order valence-electron chi connectivity index (χ3n) is 2.77. The van der Waals surface area contributed by atoms with E-state index in [9.17, 15) is 0 Å². The Morgan fingerprint density at radius 2 is 2.43 bits per heavy atom. The predicted octanol–water partition coefficient (Wildman–Crippen LogP) is 1.02. The molecule has 1 saturated heterocycles. The molecule has 2 aliphatic rings. The van der Waals surface area contributed by atoms with Gasteiger partial charge < -0.3 is 10.2 Å². The van der Waals surface area contributed by atoms with Gasteiger partial charge in [-0.15, -0.1) is 0 Å². The summed E-state index contributed by atoms with van der Waals surface area (Å²) >= 11 is 1.88. The van der Waals surface area contributed by atoms with Crippen LogP contribution in [-0.4, -0.2) is 48.5 Å². The Kier molecular flexibility index (Phi) is 3.34. The molecular weight excluding hydrogens is 194 g/mol. The van der Waals surface area contributed by atoms with Gasteiger partial charge in [-0.3, -0.25) is 4.99 Å². The second-order valence-electron chi connectivity index (χ2n) is 4.45. The summed E-state index contributed by atoms with van der Waals surface area (Å²) in [4.78, 5) is 6.92. The molecule has 14 heavy (non-hydrogen) atoms. The molecular formula is C10H19N3S. The third kappa shape index (κ3) is 2.64. The number of nitrogens with one attached hydrogen (secondary N) is 1. The number of hydrogen-bond acceptors (Lipinski definition) is 4. The van der Waals surface area contributed by atoms with Gasteiger partial charge in [-0.05, 0) is 25.9 Å². The van der Waals surface area contributed by atoms with E-state index in [0.717, 1.165) is 19.0 Å². The first kappa shape index (κ1) is 10.3. The number of likely N-dealkylation sites (tertiary alicyclic amines) is 1. The van der Waals surface area contributed by atoms with Gasteiger partial charge in [0, 0.05) is 24.9 Å². The molecule has 2 atom stereocenters. The van der Waals surface area contributed by atoms with Crippen molar-refractivity contribution < 1.29 is 0 Å². The van der Waals surface area contributed by atoms with Gasteiger partial charge in [0.05, 0.1) is 0 Å². The van der Waals surface area contributed by atoms with Crippen LogP contribution in [0.25, 0.3) is 0 Å². The highest BCUT2D eigenvalue weighted by Crippen LogP contribution is 2.17. The average Bonchev–Trinajstić information content (AvgIpc) is 2.56. The molecule has 3 nitrogen and oxygen atoms in total. The molecule has 2 heterocycles. The van der Waals surface area contributed by atoms with Crippen LogP contribution >= 0.6 is 11.8 Å². The normalized spacial score (nSPS) is 34.3. The average molecular weight is 213 g/mol. The van der Waals surface area contributed by atoms with Gasteiger partial charge >= 0.3 is 0 Å². The van der Waals surface area contributed by atoms with Crippen LogP contribution in [0.2, 0.25) is 0 Å². The lowest BCUT2D eigenvalue weighted by Crippen LogP contribution is -2.37. The van der Waals surface area contributed by atoms with E-state index in [4.69, 9.17) is 0 Å². The van der Waals surface area contributed by atoms with Gasteiger partial charge in [0.2, 0.25) is 0 Å². The van der Waals surface area contributed by atoms with Crippen molar-refractivity contribution in [1.29, 1.82) is 0 Å². The van der Waals surface area contributed by atoms with Crippen molar-refractivity contribution in [2.45, 2.75) is 19.4 Å². The van der Waals surface area contributed by atoms with E-state index in [-0.39, 0.29) is 0 Å². The van der Waals surface area contributed by atoms with Crippen molar-refractivity contribution in [2.75, 3.05) is 32.4 Å². The number of amidine groups is 1. The molecule has 0 aromatic rings. The lowest BCUT2D eigenvalue weighted by molar-refractivity contribution is 0.407. The summed E-state index contributed by atoms with van der Waals surface area (Å²) in [5.41, 5.74) is 0. The summed E-state index contributed by atoms with van der Waals surface area (Å²) in [6.45, 7) is 5.63. The molecule has 0 amide bonds. The number of nitrogens with zero attached hydrogens (tertiary/aromatic N) is 2. The van der Waals surface area contributed by atoms with Gasteiger partial charge in [0.1, 0.15) is 0 Å². The van der Waals surface area contributed by atoms with Crippen molar-refractivity contribution in [3.8, 4) is 0 Å². The van der Waals surface area contributed by atoms with Crippen LogP contribution in [0.4, 0.5) is 0 Å². The Labute approximate surface area is 90.3 Å². The zero-order valence-corrected chi connectivity index (χ0v) is 9.81. The minimum atomic E-state index is 0.625. The monoisotopic (exact) mass is 213 g/mol. The zero-order valence-electron chi connectivity index (χ0n) is 8.99. The van der Waals surface area contributed by atoms with Gasteiger partial charge in [0.15, 0.2) is 5.17 Å². The van der Waals surface area contributed by atoms with Crippen molar-refractivity contribution in [2.24, 2.45) is 10.9 Å². The number of likely N-dealkylation sites (N-methyl/N-ethyl adjacent to an activating group) is 1. The highest BCUT2D eigenvalue weighted by atomic mass is 32.2. The molecule has 0 saturated carbocycles. The standard InChI is InChI=1S/C10H19N3S/c1-8-5-11-10(14-7-8)12-9-3-4-13(2)6-9/h8-9H,3-7H2,1-2H3,(H,11,12). The molecule has 0 radical (unpaired) electrons. The molecule has 0 spiro atoms. The van der Waals surface area contributed by atoms with Gasteiger partial charge in [-0.2, -0.15) is 0 Å². The van der Waals surface area contributed by atoms with E-state index in [1.54, 1.807) is 0 Å². The molecule has 0 bridgehead atoms. The summed E-state index contributed by atoms with van der Waals surface area (Å²) in [6, 6.07) is 0.625. The van der Waals surface area contributed by atoms with Gasteiger partial charge in [-0.1, -0.05) is 18.7 Å². The SMILES string of the molecule is CC1CN=C(NC2CCN(C)C2)SC1. The Balaban J connectivity index is 1.80. The van der Waals surface area contributed by atoms with Crippen molar-refractivity contribution >= 4 is 16.9 Å². The lowest BCUT2D eigenvalue weighted by Gasteiger charge is -2.21. The fourth-order valence-corrected chi connectivity index (χ4v) is 2.84. The fourth-order valence-electron chi connectivity index (χ4n) is 1.87. The van der Waals surface area contributed by atoms with Crippen molar-refractivity contribution in [3.05, 3.63) is 0 Å². The van der Waals surface area contributed by atoms with Gasteiger partial charge in [-0.25, -0.2) is 0 Å². The van der Waals surface area contributed by atoms with E-state index >= 15 is 0 Å². The largest absolute Gasteiger partial charge is 0.361 e. The van der Waals surface area contributed by atoms with Gasteiger partial charge in [0.25, 0.3) is 0 Å². The quantitative estimate of drug-likeness (QED) is 0.705. The number of aliphatic imine (C=N–C) groups is 1. The van der Waals surface area contributed by atoms with E-state index in [1.165, 1.54) is 23.9 Å². The van der Waals surface area contributed by atoms with Crippen LogP contribution in [0, 0.1) is 5.92 Å². The van der Waals surface area contributed by atoms with Crippen LogP contribution < -0.4 is 5.32 Å². The third-order valence-corrected chi connectivity index (χ3v) is 4.03. The first-order valence-corrected chi connectivity index (χ1v) is 6.35. The topological polar surface area (TPSA) is 27.6 Å². The zero-order chi connectivity index (χ0) is 9.97. The molecule has 80 valence electrons. The molecule has 0 aliphatic carbocycles. The molecule has 2 rings (SSSR count). The van der Waals surface area contributed by atoms with E-state index < -0.39 is 0 Å². The predicted molar refractivity (Wildman–Crippen MR) is 63.0 cm³/mol. The molecule has 0 aromatic carbocycles. The molecule has 2 unspecified atom stereocenters. The molecule has 1 fully saturated rings. The number of hydrogen-bond donors (Lipinski definition) is 1. The minimum absolute atomic E-state index is 0.625. The van der Waals surface area contributed by atoms with Crippen molar-refractivity contribution in [3.63, 3.8) is 0 Å². The minimum Gasteiger partial charge on any atom is -0.361 e. The number of thioether (sulfide) groups is 1. The van der Waals surface area contributed by atoms with Crippen LogP contribution in [0.5, 0.6) is 0 Å². The summed E-state index contributed by atoms with van der Waals surface area (Å²) in [5.74, 6) is 1.96. The Hall–Kier alpha value is -0.220. The fraction of sp³-hybridized carbons (Fsp3) is 0.900. The second kappa shape index (κ2) is 4.53. The summed E-state index contributed by atoms with van der Waals surface area (Å²) in [7, 11) is 2.18. The van der Waals surface area contributed by atoms with Crippen LogP contribution in [0.15, 0.2) is 4.99 Å². The highest BCUT2D eigenvalue weighted by molar-refractivity contribution is 8.13. The van der Waals surface area contributed by atoms with Crippen LogP contribution in [0.3, 0.4) is 0 Å².